The fourth-order valence-electron chi connectivity index (χ4n) is 7.78. The molecule has 6 rings (SSSR count). The van der Waals surface area contributed by atoms with E-state index in [1.165, 1.54) is 30.3 Å². The van der Waals surface area contributed by atoms with Crippen LogP contribution in [0.4, 0.5) is 14.9 Å². The lowest BCUT2D eigenvalue weighted by Crippen LogP contribution is -2.25. The fourth-order valence-corrected chi connectivity index (χ4v) is 8.46. The predicted molar refractivity (Wildman–Crippen MR) is 246 cm³/mol. The number of ether oxygens (including phenoxy) is 1. The Bertz CT molecular complexity index is 2490. The number of nitrogens with zero attached hydrogens (tertiary/aromatic N) is 1. The second-order valence-corrected chi connectivity index (χ2v) is 17.3. The molecule has 13 nitrogen and oxygen atoms in total. The number of thioether (sulfide) groups is 1. The van der Waals surface area contributed by atoms with E-state index in [0.29, 0.717) is 39.3 Å². The summed E-state index contributed by atoms with van der Waals surface area (Å²) in [7, 11) is 0. The molecule has 0 saturated carbocycles. The second-order valence-electron chi connectivity index (χ2n) is 16.2. The number of para-hydroxylation sites is 1. The molecule has 0 radical (unpaired) electrons. The number of hydrogen-bond acceptors (Lipinski definition) is 11. The van der Waals surface area contributed by atoms with Crippen LogP contribution in [0.3, 0.4) is 0 Å². The molecule has 1 fully saturated rings. The van der Waals surface area contributed by atoms with Crippen molar-refractivity contribution in [1.29, 1.82) is 0 Å². The number of nitrogens with one attached hydrogen (secondary N) is 2. The number of anilines is 1. The highest BCUT2D eigenvalue weighted by atomic mass is 32.2. The first kappa shape index (κ1) is 48.2. The molecule has 5 aromatic rings. The average molecular weight is 906 g/mol. The van der Waals surface area contributed by atoms with Crippen LogP contribution < -0.4 is 15.4 Å². The van der Waals surface area contributed by atoms with Crippen LogP contribution in [0.1, 0.15) is 86.3 Å². The minimum atomic E-state index is -1.26. The molecule has 6 N–H and O–H groups in total. The Morgan fingerprint density at radius 3 is 2.00 bits per heavy atom. The largest absolute Gasteiger partial charge is 0.426 e. The number of carbonyl (C=O) groups is 5. The molecule has 4 atom stereocenters. The van der Waals surface area contributed by atoms with E-state index in [1.54, 1.807) is 36.4 Å². The Labute approximate surface area is 380 Å². The first-order chi connectivity index (χ1) is 31.1. The molecule has 340 valence electrons. The lowest BCUT2D eigenvalue weighted by Gasteiger charge is -2.20. The van der Waals surface area contributed by atoms with Crippen molar-refractivity contribution in [3.63, 3.8) is 0 Å². The van der Waals surface area contributed by atoms with Crippen molar-refractivity contribution in [3.8, 4) is 28.1 Å². The van der Waals surface area contributed by atoms with Crippen LogP contribution in [0.5, 0.6) is 5.75 Å². The molecule has 0 spiro atoms. The molecular weight excluding hydrogens is 854 g/mol. The lowest BCUT2D eigenvalue weighted by atomic mass is 9.94. The molecule has 65 heavy (non-hydrogen) atoms. The number of aliphatic hydroxyl groups is 4. The van der Waals surface area contributed by atoms with Gasteiger partial charge in [0.2, 0.25) is 0 Å². The molecule has 0 bridgehead atoms. The highest BCUT2D eigenvalue weighted by Gasteiger charge is 2.31. The summed E-state index contributed by atoms with van der Waals surface area (Å²) in [4.78, 5) is 63.0. The summed E-state index contributed by atoms with van der Waals surface area (Å²) in [5.41, 5.74) is 5.11. The van der Waals surface area contributed by atoms with Gasteiger partial charge in [0.15, 0.2) is 0 Å². The van der Waals surface area contributed by atoms with E-state index in [2.05, 4.69) is 10.6 Å². The van der Waals surface area contributed by atoms with Gasteiger partial charge in [-0.25, -0.2) is 4.39 Å². The number of aromatic nitrogens is 1. The summed E-state index contributed by atoms with van der Waals surface area (Å²) < 4.78 is 21.5. The average Bonchev–Trinajstić information content (AvgIpc) is 3.78. The first-order valence-electron chi connectivity index (χ1n) is 21.4. The van der Waals surface area contributed by atoms with Gasteiger partial charge in [-0.05, 0) is 115 Å². The molecule has 0 unspecified atom stereocenters. The molecule has 1 aromatic heterocycles. The Morgan fingerprint density at radius 1 is 0.769 bits per heavy atom. The molecule has 4 aromatic carbocycles. The van der Waals surface area contributed by atoms with Gasteiger partial charge < -0.3 is 35.0 Å². The summed E-state index contributed by atoms with van der Waals surface area (Å²) in [5, 5.41) is 47.8. The van der Waals surface area contributed by atoms with Gasteiger partial charge in [0.1, 0.15) is 17.3 Å². The van der Waals surface area contributed by atoms with Crippen molar-refractivity contribution in [3.05, 3.63) is 137 Å². The van der Waals surface area contributed by atoms with Gasteiger partial charge in [0.05, 0.1) is 47.0 Å². The summed E-state index contributed by atoms with van der Waals surface area (Å²) in [6.07, 6.45) is -4.11. The van der Waals surface area contributed by atoms with Crippen LogP contribution in [0.2, 0.25) is 0 Å². The number of benzene rings is 4. The first-order valence-corrected chi connectivity index (χ1v) is 22.2. The maximum Gasteiger partial charge on any atom is 0.313 e. The summed E-state index contributed by atoms with van der Waals surface area (Å²) in [5.74, 6) is -2.34. The minimum Gasteiger partial charge on any atom is -0.426 e. The number of carbonyl (C=O) groups excluding carboxylic acids is 5. The highest BCUT2D eigenvalue weighted by molar-refractivity contribution is 8.18. The maximum atomic E-state index is 14.3. The van der Waals surface area contributed by atoms with Crippen LogP contribution in [0.25, 0.3) is 28.5 Å². The number of rotatable bonds is 21. The van der Waals surface area contributed by atoms with E-state index >= 15 is 0 Å². The van der Waals surface area contributed by atoms with Gasteiger partial charge in [0, 0.05) is 36.3 Å². The van der Waals surface area contributed by atoms with E-state index in [9.17, 15) is 48.8 Å². The van der Waals surface area contributed by atoms with Gasteiger partial charge in [-0.2, -0.15) is 0 Å². The summed E-state index contributed by atoms with van der Waals surface area (Å²) >= 11 is 0.779. The molecular formula is C50H52FN3O10S. The number of imide groups is 1. The van der Waals surface area contributed by atoms with Crippen LogP contribution in [-0.2, 0) is 20.9 Å². The SMILES string of the molecule is CC(C)c1c(C(=O)Nc2ccccc2)c(-c2ccccc2)c(-c2ccc(F)cc2)n1CC[C@@H](O)C[C@@H](O)CC(=O)CC[C@@H](O)C[C@@H](O)CC(=O)Oc1ccc(/C=C2\SC(=O)NC2=O)cc1. The zero-order valence-electron chi connectivity index (χ0n) is 36.0. The van der Waals surface area contributed by atoms with E-state index in [0.717, 1.165) is 17.3 Å². The van der Waals surface area contributed by atoms with Crippen LogP contribution in [0, 0.1) is 5.82 Å². The zero-order chi connectivity index (χ0) is 46.6. The normalized spacial score (nSPS) is 15.1. The van der Waals surface area contributed by atoms with E-state index in [4.69, 9.17) is 4.74 Å². The lowest BCUT2D eigenvalue weighted by molar-refractivity contribution is -0.137. The van der Waals surface area contributed by atoms with E-state index in [1.807, 2.05) is 66.9 Å². The maximum absolute atomic E-state index is 14.3. The van der Waals surface area contributed by atoms with Crippen molar-refractivity contribution < 1.29 is 53.5 Å². The van der Waals surface area contributed by atoms with Gasteiger partial charge in [-0.15, -0.1) is 0 Å². The Hall–Kier alpha value is -6.23. The molecule has 15 heteroatoms. The third kappa shape index (κ3) is 13.4. The molecule has 3 amide bonds. The third-order valence-corrected chi connectivity index (χ3v) is 11.5. The van der Waals surface area contributed by atoms with Crippen molar-refractivity contribution in [2.75, 3.05) is 5.32 Å². The molecule has 0 aliphatic carbocycles. The van der Waals surface area contributed by atoms with Crippen LogP contribution >= 0.6 is 11.8 Å². The standard InChI is InChI=1S/C50H52FN3O10S/c1-30(2)46-45(49(62)52-35-11-7-4-8-12-35)44(32-9-5-3-6-10-32)47(33-15-17-34(51)18-16-33)54(46)24-23-38(57)28-39(58)26-36(55)19-20-37(56)27-40(59)29-43(60)64-41-21-13-31(14-22-41)25-42-48(61)53-50(63)65-42/h3-18,21-22,25,30,37-40,56-59H,19-20,23-24,26-29H2,1-2H3,(H,52,62)(H,53,61,63)/b42-25-/t37-,38-,39+,40-/m1/s1. The van der Waals surface area contributed by atoms with Crippen molar-refractivity contribution >= 4 is 52.3 Å². The summed E-state index contributed by atoms with van der Waals surface area (Å²) in [6, 6.07) is 30.7. The highest BCUT2D eigenvalue weighted by Crippen LogP contribution is 2.43. The van der Waals surface area contributed by atoms with Crippen molar-refractivity contribution in [1.82, 2.24) is 9.88 Å². The Kier molecular flexibility index (Phi) is 16.8. The van der Waals surface area contributed by atoms with E-state index in [-0.39, 0.29) is 73.3 Å². The topological polar surface area (TPSA) is 204 Å². The number of ketones is 1. The van der Waals surface area contributed by atoms with Crippen LogP contribution in [-0.4, -0.2) is 78.2 Å². The van der Waals surface area contributed by atoms with Crippen LogP contribution in [0.15, 0.2) is 114 Å². The van der Waals surface area contributed by atoms with Gasteiger partial charge >= 0.3 is 5.97 Å². The van der Waals surface area contributed by atoms with Gasteiger partial charge in [-0.3, -0.25) is 29.3 Å². The number of aliphatic hydroxyl groups excluding tert-OH is 4. The Morgan fingerprint density at radius 2 is 1.38 bits per heavy atom. The van der Waals surface area contributed by atoms with Crippen molar-refractivity contribution in [2.24, 2.45) is 0 Å². The predicted octanol–water partition coefficient (Wildman–Crippen LogP) is 8.01. The number of halogens is 1. The molecule has 1 aliphatic heterocycles. The smallest absolute Gasteiger partial charge is 0.313 e. The number of hydrogen-bond donors (Lipinski definition) is 6. The monoisotopic (exact) mass is 905 g/mol. The third-order valence-electron chi connectivity index (χ3n) is 10.7. The number of amides is 3. The van der Waals surface area contributed by atoms with Gasteiger partial charge in [-0.1, -0.05) is 74.5 Å². The number of Topliss-reactive ketones (excluding diaryl/α,β-unsaturated/α-hetero) is 1. The second kappa shape index (κ2) is 22.6. The number of esters is 1. The molecule has 1 aliphatic rings. The molecule has 1 saturated heterocycles. The Balaban J connectivity index is 1.03. The van der Waals surface area contributed by atoms with E-state index < -0.39 is 53.8 Å². The zero-order valence-corrected chi connectivity index (χ0v) is 36.8. The minimum absolute atomic E-state index is 0.0270. The quantitative estimate of drug-likeness (QED) is 0.0236. The van der Waals surface area contributed by atoms with Gasteiger partial charge in [0.25, 0.3) is 17.1 Å². The molecule has 2 heterocycles. The van der Waals surface area contributed by atoms with Crippen molar-refractivity contribution in [2.45, 2.75) is 95.7 Å². The summed E-state index contributed by atoms with van der Waals surface area (Å²) in [6.45, 7) is 4.16. The fraction of sp³-hybridized carbons (Fsp3) is 0.300.